The van der Waals surface area contributed by atoms with Crippen LogP contribution in [-0.2, 0) is 0 Å². The van der Waals surface area contributed by atoms with Crippen molar-refractivity contribution in [2.24, 2.45) is 0 Å². The lowest BCUT2D eigenvalue weighted by Gasteiger charge is -2.31. The zero-order chi connectivity index (χ0) is 9.73. The molecule has 0 fully saturated rings. The summed E-state index contributed by atoms with van der Waals surface area (Å²) in [7, 11) is -0.463. The van der Waals surface area contributed by atoms with E-state index in [4.69, 9.17) is 0 Å². The van der Waals surface area contributed by atoms with Crippen molar-refractivity contribution >= 4 is 7.92 Å². The van der Waals surface area contributed by atoms with Gasteiger partial charge in [0.2, 0.25) is 0 Å². The van der Waals surface area contributed by atoms with Crippen LogP contribution >= 0.6 is 7.92 Å². The Morgan fingerprint density at radius 2 is 2.15 bits per heavy atom. The molecule has 0 aromatic heterocycles. The second-order valence-corrected chi connectivity index (χ2v) is 6.29. The molecule has 0 saturated carbocycles. The summed E-state index contributed by atoms with van der Waals surface area (Å²) in [5.41, 5.74) is 0. The van der Waals surface area contributed by atoms with E-state index in [1.165, 1.54) is 0 Å². The van der Waals surface area contributed by atoms with Crippen molar-refractivity contribution in [1.82, 2.24) is 0 Å². The van der Waals surface area contributed by atoms with Gasteiger partial charge in [-0.25, -0.2) is 4.39 Å². The third-order valence-corrected chi connectivity index (χ3v) is 5.54. The van der Waals surface area contributed by atoms with Crippen molar-refractivity contribution in [2.45, 2.75) is 32.1 Å². The third kappa shape index (κ3) is 2.64. The maximum atomic E-state index is 14.3. The van der Waals surface area contributed by atoms with E-state index < -0.39 is 13.3 Å². The molecule has 0 radical (unpaired) electrons. The van der Waals surface area contributed by atoms with Gasteiger partial charge in [-0.2, -0.15) is 0 Å². The molecule has 13 heavy (non-hydrogen) atoms. The molecule has 2 heteroatoms. The molecule has 1 aliphatic carbocycles. The van der Waals surface area contributed by atoms with Gasteiger partial charge in [-0.3, -0.25) is 0 Å². The fourth-order valence-corrected chi connectivity index (χ4v) is 4.11. The van der Waals surface area contributed by atoms with Crippen LogP contribution in [0.1, 0.15) is 26.7 Å². The van der Waals surface area contributed by atoms with Gasteiger partial charge in [0.1, 0.15) is 0 Å². The highest BCUT2D eigenvalue weighted by Gasteiger charge is 2.33. The first-order valence-corrected chi connectivity index (χ1v) is 6.72. The summed E-state index contributed by atoms with van der Waals surface area (Å²) in [4.78, 5) is 0. The summed E-state index contributed by atoms with van der Waals surface area (Å²) in [6.07, 6.45) is 11.2. The Balaban J connectivity index is 2.65. The highest BCUT2D eigenvalue weighted by Crippen LogP contribution is 2.54. The topological polar surface area (TPSA) is 0 Å². The summed E-state index contributed by atoms with van der Waals surface area (Å²) in [6.45, 7) is 4.24. The molecule has 74 valence electrons. The number of hydrogen-bond acceptors (Lipinski definition) is 0. The lowest BCUT2D eigenvalue weighted by molar-refractivity contribution is 0.347. The van der Waals surface area contributed by atoms with Crippen molar-refractivity contribution in [3.8, 4) is 0 Å². The Kier molecular flexibility index (Phi) is 4.12. The minimum absolute atomic E-state index is 0.463. The van der Waals surface area contributed by atoms with E-state index in [1.54, 1.807) is 6.08 Å². The molecule has 2 atom stereocenters. The second kappa shape index (κ2) is 4.91. The first-order chi connectivity index (χ1) is 6.23. The Labute approximate surface area is 81.7 Å². The van der Waals surface area contributed by atoms with Crippen LogP contribution in [0.25, 0.3) is 0 Å². The van der Waals surface area contributed by atoms with Crippen LogP contribution in [0.3, 0.4) is 0 Å². The number of hydrogen-bond donors (Lipinski definition) is 0. The first-order valence-electron chi connectivity index (χ1n) is 5.01. The number of halogens is 1. The fraction of sp³-hybridized carbons (Fsp3) is 0.636. The molecule has 0 saturated heterocycles. The van der Waals surface area contributed by atoms with E-state index in [-0.39, 0.29) is 0 Å². The summed E-state index contributed by atoms with van der Waals surface area (Å²) >= 11 is 0. The first kappa shape index (κ1) is 10.9. The van der Waals surface area contributed by atoms with Crippen molar-refractivity contribution < 1.29 is 4.39 Å². The highest BCUT2D eigenvalue weighted by atomic mass is 31.1. The highest BCUT2D eigenvalue weighted by molar-refractivity contribution is 7.59. The molecule has 0 heterocycles. The van der Waals surface area contributed by atoms with Crippen molar-refractivity contribution in [1.29, 1.82) is 0 Å². The van der Waals surface area contributed by atoms with Gasteiger partial charge < -0.3 is 0 Å². The lowest BCUT2D eigenvalue weighted by Crippen LogP contribution is -2.20. The van der Waals surface area contributed by atoms with Gasteiger partial charge in [-0.15, -0.1) is 0 Å². The molecule has 1 rings (SSSR count). The van der Waals surface area contributed by atoms with E-state index in [0.717, 1.165) is 18.7 Å². The van der Waals surface area contributed by atoms with Gasteiger partial charge in [0, 0.05) is 6.42 Å². The second-order valence-electron chi connectivity index (χ2n) is 3.39. The minimum Gasteiger partial charge on any atom is -0.234 e. The van der Waals surface area contributed by atoms with E-state index in [0.29, 0.717) is 6.42 Å². The quantitative estimate of drug-likeness (QED) is 0.600. The predicted molar refractivity (Wildman–Crippen MR) is 59.4 cm³/mol. The van der Waals surface area contributed by atoms with Crippen LogP contribution in [0.4, 0.5) is 4.39 Å². The van der Waals surface area contributed by atoms with Gasteiger partial charge in [-0.1, -0.05) is 46.4 Å². The standard InChI is InChI=1S/C11H18FP/c1-3-10-13(4-2)11(12)8-6-5-7-9-11/h5-8H,3-4,9-10H2,1-2H3. The van der Waals surface area contributed by atoms with E-state index >= 15 is 0 Å². The molecular weight excluding hydrogens is 182 g/mol. The monoisotopic (exact) mass is 200 g/mol. The van der Waals surface area contributed by atoms with E-state index in [2.05, 4.69) is 13.8 Å². The van der Waals surface area contributed by atoms with Gasteiger partial charge in [0.25, 0.3) is 0 Å². The third-order valence-electron chi connectivity index (χ3n) is 2.40. The van der Waals surface area contributed by atoms with Crippen molar-refractivity contribution in [2.75, 3.05) is 12.3 Å². The molecule has 0 aromatic rings. The van der Waals surface area contributed by atoms with Crippen molar-refractivity contribution in [3.63, 3.8) is 0 Å². The van der Waals surface area contributed by atoms with Crippen LogP contribution in [0.2, 0.25) is 0 Å². The number of alkyl halides is 1. The smallest absolute Gasteiger partial charge is 0.151 e. The predicted octanol–water partition coefficient (Wildman–Crippen LogP) is 4.08. The average molecular weight is 200 g/mol. The van der Waals surface area contributed by atoms with Crippen LogP contribution in [-0.4, -0.2) is 17.7 Å². The molecule has 0 bridgehead atoms. The van der Waals surface area contributed by atoms with Crippen LogP contribution in [0, 0.1) is 0 Å². The number of allylic oxidation sites excluding steroid dienone is 4. The Bertz CT molecular complexity index is 210. The zero-order valence-electron chi connectivity index (χ0n) is 8.46. The normalized spacial score (nSPS) is 29.2. The summed E-state index contributed by atoms with van der Waals surface area (Å²) < 4.78 is 14.3. The summed E-state index contributed by atoms with van der Waals surface area (Å²) in [5.74, 6) is 0. The van der Waals surface area contributed by atoms with Gasteiger partial charge in [0.05, 0.1) is 0 Å². The van der Waals surface area contributed by atoms with Crippen LogP contribution in [0.5, 0.6) is 0 Å². The molecule has 0 aliphatic heterocycles. The van der Waals surface area contributed by atoms with Gasteiger partial charge in [0.15, 0.2) is 5.41 Å². The largest absolute Gasteiger partial charge is 0.234 e. The summed E-state index contributed by atoms with van der Waals surface area (Å²) in [5, 5.41) is -1.01. The lowest BCUT2D eigenvalue weighted by atomic mass is 10.1. The SMILES string of the molecule is CCCP(CC)C1(F)C=CC=CC1. The molecule has 0 amide bonds. The maximum absolute atomic E-state index is 14.3. The molecule has 2 unspecified atom stereocenters. The van der Waals surface area contributed by atoms with E-state index in [9.17, 15) is 4.39 Å². The van der Waals surface area contributed by atoms with Crippen molar-refractivity contribution in [3.05, 3.63) is 24.3 Å². The Morgan fingerprint density at radius 3 is 2.62 bits per heavy atom. The van der Waals surface area contributed by atoms with Crippen LogP contribution < -0.4 is 0 Å². The minimum atomic E-state index is -1.01. The number of rotatable bonds is 4. The molecule has 0 nitrogen and oxygen atoms in total. The molecule has 0 spiro atoms. The maximum Gasteiger partial charge on any atom is 0.151 e. The van der Waals surface area contributed by atoms with Gasteiger partial charge in [-0.05, 0) is 18.4 Å². The fourth-order valence-electron chi connectivity index (χ4n) is 1.69. The summed E-state index contributed by atoms with van der Waals surface area (Å²) in [6, 6.07) is 0. The Hall–Kier alpha value is -0.160. The molecule has 0 N–H and O–H groups in total. The molecule has 1 aliphatic rings. The average Bonchev–Trinajstić information content (AvgIpc) is 2.15. The Morgan fingerprint density at radius 1 is 1.38 bits per heavy atom. The van der Waals surface area contributed by atoms with Crippen LogP contribution in [0.15, 0.2) is 24.3 Å². The molecule has 0 aromatic carbocycles. The molecular formula is C11H18FP. The zero-order valence-corrected chi connectivity index (χ0v) is 9.36. The van der Waals surface area contributed by atoms with E-state index in [1.807, 2.05) is 18.2 Å². The van der Waals surface area contributed by atoms with Gasteiger partial charge >= 0.3 is 0 Å².